The third-order valence-corrected chi connectivity index (χ3v) is 6.06. The van der Waals surface area contributed by atoms with Crippen LogP contribution in [0.3, 0.4) is 0 Å². The Hall–Kier alpha value is -2.68. The van der Waals surface area contributed by atoms with Gasteiger partial charge in [0.15, 0.2) is 0 Å². The topological polar surface area (TPSA) is 102 Å². The van der Waals surface area contributed by atoms with Crippen LogP contribution in [0.5, 0.6) is 0 Å². The van der Waals surface area contributed by atoms with E-state index in [1.807, 2.05) is 16.1 Å². The van der Waals surface area contributed by atoms with E-state index in [9.17, 15) is 14.4 Å². The Kier molecular flexibility index (Phi) is 7.25. The number of carbonyl (C=O) groups excluding carboxylic acids is 3. The lowest BCUT2D eigenvalue weighted by Gasteiger charge is -2.21. The molecule has 0 unspecified atom stereocenters. The Labute approximate surface area is 180 Å². The summed E-state index contributed by atoms with van der Waals surface area (Å²) in [5, 5.41) is 7.64. The number of esters is 1. The van der Waals surface area contributed by atoms with E-state index in [0.717, 1.165) is 24.8 Å². The Morgan fingerprint density at radius 1 is 1.30 bits per heavy atom. The van der Waals surface area contributed by atoms with Crippen molar-refractivity contribution in [3.8, 4) is 0 Å². The van der Waals surface area contributed by atoms with Gasteiger partial charge in [-0.25, -0.2) is 9.78 Å². The van der Waals surface area contributed by atoms with Crippen molar-refractivity contribution < 1.29 is 19.1 Å². The molecule has 1 aliphatic rings. The van der Waals surface area contributed by atoms with Crippen molar-refractivity contribution in [2.75, 3.05) is 11.9 Å². The van der Waals surface area contributed by atoms with Gasteiger partial charge in [0, 0.05) is 12.4 Å². The SMILES string of the molecule is CCOC(=O)c1c(CC(C)C)csc1NC(=O)C(=O)N[C@H]1CCC[C@H]1n1ccnc1. The number of rotatable bonds is 7. The van der Waals surface area contributed by atoms with E-state index >= 15 is 0 Å². The molecule has 2 aromatic heterocycles. The van der Waals surface area contributed by atoms with Crippen molar-refractivity contribution in [3.05, 3.63) is 35.2 Å². The number of carbonyl (C=O) groups is 3. The fourth-order valence-electron chi connectivity index (χ4n) is 3.83. The second-order valence-electron chi connectivity index (χ2n) is 7.83. The first-order valence-electron chi connectivity index (χ1n) is 10.3. The quantitative estimate of drug-likeness (QED) is 0.517. The number of nitrogens with zero attached hydrogens (tertiary/aromatic N) is 2. The highest BCUT2D eigenvalue weighted by molar-refractivity contribution is 7.15. The molecule has 2 aromatic rings. The molecule has 0 spiro atoms. The van der Waals surface area contributed by atoms with E-state index in [2.05, 4.69) is 29.5 Å². The summed E-state index contributed by atoms with van der Waals surface area (Å²) < 4.78 is 7.13. The van der Waals surface area contributed by atoms with Gasteiger partial charge in [-0.1, -0.05) is 13.8 Å². The number of hydrogen-bond donors (Lipinski definition) is 2. The lowest BCUT2D eigenvalue weighted by Crippen LogP contribution is -2.43. The second-order valence-corrected chi connectivity index (χ2v) is 8.71. The van der Waals surface area contributed by atoms with E-state index in [0.29, 0.717) is 22.9 Å². The third kappa shape index (κ3) is 5.08. The first-order valence-corrected chi connectivity index (χ1v) is 11.1. The molecule has 0 aromatic carbocycles. The molecular formula is C21H28N4O4S. The van der Waals surface area contributed by atoms with E-state index in [-0.39, 0.29) is 18.7 Å². The van der Waals surface area contributed by atoms with Gasteiger partial charge >= 0.3 is 17.8 Å². The lowest BCUT2D eigenvalue weighted by molar-refractivity contribution is -0.136. The first kappa shape index (κ1) is 22.0. The number of ether oxygens (including phenoxy) is 1. The molecule has 0 aliphatic heterocycles. The van der Waals surface area contributed by atoms with Crippen molar-refractivity contribution in [3.63, 3.8) is 0 Å². The van der Waals surface area contributed by atoms with E-state index in [1.54, 1.807) is 19.4 Å². The number of hydrogen-bond acceptors (Lipinski definition) is 6. The molecule has 0 saturated heterocycles. The van der Waals surface area contributed by atoms with Gasteiger partial charge in [-0.05, 0) is 49.5 Å². The summed E-state index contributed by atoms with van der Waals surface area (Å²) in [6.45, 7) is 6.07. The molecule has 1 aliphatic carbocycles. The number of aromatic nitrogens is 2. The molecule has 30 heavy (non-hydrogen) atoms. The Morgan fingerprint density at radius 3 is 2.77 bits per heavy atom. The van der Waals surface area contributed by atoms with E-state index in [1.165, 1.54) is 11.3 Å². The van der Waals surface area contributed by atoms with Crippen molar-refractivity contribution in [2.45, 2.75) is 58.5 Å². The highest BCUT2D eigenvalue weighted by atomic mass is 32.1. The summed E-state index contributed by atoms with van der Waals surface area (Å²) in [7, 11) is 0. The van der Waals surface area contributed by atoms with Gasteiger partial charge in [-0.15, -0.1) is 11.3 Å². The molecule has 2 amide bonds. The zero-order chi connectivity index (χ0) is 21.7. The molecule has 0 radical (unpaired) electrons. The minimum atomic E-state index is -0.783. The summed E-state index contributed by atoms with van der Waals surface area (Å²) >= 11 is 1.23. The Balaban J connectivity index is 1.69. The lowest BCUT2D eigenvalue weighted by atomic mass is 10.0. The van der Waals surface area contributed by atoms with E-state index in [4.69, 9.17) is 4.74 Å². The number of anilines is 1. The van der Waals surface area contributed by atoms with Gasteiger partial charge in [-0.3, -0.25) is 9.59 Å². The van der Waals surface area contributed by atoms with Crippen LogP contribution in [-0.2, 0) is 20.7 Å². The monoisotopic (exact) mass is 432 g/mol. The summed E-state index contributed by atoms with van der Waals surface area (Å²) in [6, 6.07) is -0.0551. The van der Waals surface area contributed by atoms with Crippen LogP contribution in [0.25, 0.3) is 0 Å². The van der Waals surface area contributed by atoms with Crippen LogP contribution in [-0.4, -0.2) is 40.0 Å². The molecule has 8 nitrogen and oxygen atoms in total. The Morgan fingerprint density at radius 2 is 2.10 bits per heavy atom. The maximum Gasteiger partial charge on any atom is 0.341 e. The van der Waals surface area contributed by atoms with Crippen LogP contribution in [0, 0.1) is 5.92 Å². The second kappa shape index (κ2) is 9.88. The molecule has 1 saturated carbocycles. The molecule has 0 bridgehead atoms. The summed E-state index contributed by atoms with van der Waals surface area (Å²) in [4.78, 5) is 41.6. The minimum Gasteiger partial charge on any atom is -0.462 e. The van der Waals surface area contributed by atoms with Gasteiger partial charge in [0.2, 0.25) is 0 Å². The van der Waals surface area contributed by atoms with Gasteiger partial charge < -0.3 is 19.9 Å². The smallest absolute Gasteiger partial charge is 0.341 e. The molecule has 1 fully saturated rings. The predicted octanol–water partition coefficient (Wildman–Crippen LogP) is 3.17. The number of nitrogens with one attached hydrogen (secondary N) is 2. The average molecular weight is 433 g/mol. The van der Waals surface area contributed by atoms with Crippen LogP contribution in [0.1, 0.15) is 62.0 Å². The largest absolute Gasteiger partial charge is 0.462 e. The van der Waals surface area contributed by atoms with Crippen molar-refractivity contribution >= 4 is 34.1 Å². The van der Waals surface area contributed by atoms with Gasteiger partial charge in [-0.2, -0.15) is 0 Å². The molecule has 2 atom stereocenters. The Bertz CT molecular complexity index is 891. The first-order chi connectivity index (χ1) is 14.4. The van der Waals surface area contributed by atoms with Crippen LogP contribution in [0.15, 0.2) is 24.1 Å². The van der Waals surface area contributed by atoms with Crippen LogP contribution in [0.4, 0.5) is 5.00 Å². The molecule has 3 rings (SSSR count). The molecule has 9 heteroatoms. The standard InChI is InChI=1S/C21H28N4O4S/c1-4-29-21(28)17-14(10-13(2)3)11-30-20(17)24-19(27)18(26)23-15-6-5-7-16(15)25-9-8-22-12-25/h8-9,11-13,15-16H,4-7,10H2,1-3H3,(H,23,26)(H,24,27)/t15-,16+/m0/s1. The van der Waals surface area contributed by atoms with Crippen molar-refractivity contribution in [2.24, 2.45) is 5.92 Å². The third-order valence-electron chi connectivity index (χ3n) is 5.11. The molecule has 2 heterocycles. The van der Waals surface area contributed by atoms with E-state index < -0.39 is 17.8 Å². The van der Waals surface area contributed by atoms with Gasteiger partial charge in [0.25, 0.3) is 0 Å². The summed E-state index contributed by atoms with van der Waals surface area (Å²) in [5.74, 6) is -1.64. The average Bonchev–Trinajstić information content (AvgIpc) is 3.42. The summed E-state index contributed by atoms with van der Waals surface area (Å²) in [6.07, 6.45) is 8.65. The number of thiophene rings is 1. The molecule has 2 N–H and O–H groups in total. The maximum atomic E-state index is 12.6. The molecular weight excluding hydrogens is 404 g/mol. The van der Waals surface area contributed by atoms with Crippen LogP contribution < -0.4 is 10.6 Å². The van der Waals surface area contributed by atoms with Gasteiger partial charge in [0.05, 0.1) is 30.6 Å². The fourth-order valence-corrected chi connectivity index (χ4v) is 4.79. The van der Waals surface area contributed by atoms with Gasteiger partial charge in [0.1, 0.15) is 5.00 Å². The summed E-state index contributed by atoms with van der Waals surface area (Å²) in [5.41, 5.74) is 1.16. The molecule has 162 valence electrons. The normalized spacial score (nSPS) is 18.4. The van der Waals surface area contributed by atoms with Crippen LogP contribution in [0.2, 0.25) is 0 Å². The van der Waals surface area contributed by atoms with Crippen LogP contribution >= 0.6 is 11.3 Å². The van der Waals surface area contributed by atoms with Crippen molar-refractivity contribution in [1.29, 1.82) is 0 Å². The zero-order valence-corrected chi connectivity index (χ0v) is 18.3. The minimum absolute atomic E-state index is 0.0822. The zero-order valence-electron chi connectivity index (χ0n) is 17.5. The number of amides is 2. The van der Waals surface area contributed by atoms with Crippen molar-refractivity contribution in [1.82, 2.24) is 14.9 Å². The predicted molar refractivity (Wildman–Crippen MR) is 114 cm³/mol. The highest BCUT2D eigenvalue weighted by Crippen LogP contribution is 2.32. The fraction of sp³-hybridized carbons (Fsp3) is 0.524. The maximum absolute atomic E-state index is 12.6. The number of imidazole rings is 1. The highest BCUT2D eigenvalue weighted by Gasteiger charge is 2.32.